The molecular weight excluding hydrogens is 294 g/mol. The number of carboxylic acids is 1. The highest BCUT2D eigenvalue weighted by atomic mass is 32.2. The molecule has 2 atom stereocenters. The van der Waals surface area contributed by atoms with Crippen LogP contribution in [0.3, 0.4) is 0 Å². The molecule has 0 aromatic heterocycles. The van der Waals surface area contributed by atoms with Crippen LogP contribution in [0.15, 0.2) is 29.2 Å². The van der Waals surface area contributed by atoms with Gasteiger partial charge in [0.2, 0.25) is 10.0 Å². The summed E-state index contributed by atoms with van der Waals surface area (Å²) < 4.78 is 32.1. The standard InChI is InChI=1S/C14H21NO5S/c1-4-10(2)13(14(16)17)15-21(18,19)12-8-6-5-7-11(12)9-20-3/h5-8,10,13,15H,4,9H2,1-3H3,(H,16,17)/t10-,13-/m0/s1. The van der Waals surface area contributed by atoms with Gasteiger partial charge < -0.3 is 9.84 Å². The van der Waals surface area contributed by atoms with Gasteiger partial charge in [0.15, 0.2) is 0 Å². The lowest BCUT2D eigenvalue weighted by atomic mass is 10.0. The molecule has 6 nitrogen and oxygen atoms in total. The van der Waals surface area contributed by atoms with Crippen molar-refractivity contribution in [3.05, 3.63) is 29.8 Å². The number of ether oxygens (including phenoxy) is 1. The number of nitrogens with one attached hydrogen (secondary N) is 1. The van der Waals surface area contributed by atoms with Crippen LogP contribution in [0.1, 0.15) is 25.8 Å². The van der Waals surface area contributed by atoms with Crippen LogP contribution in [0.25, 0.3) is 0 Å². The van der Waals surface area contributed by atoms with Crippen molar-refractivity contribution in [2.24, 2.45) is 5.92 Å². The second-order valence-corrected chi connectivity index (χ2v) is 6.55. The summed E-state index contributed by atoms with van der Waals surface area (Å²) in [4.78, 5) is 11.3. The number of rotatable bonds is 8. The van der Waals surface area contributed by atoms with Crippen molar-refractivity contribution in [1.29, 1.82) is 0 Å². The second-order valence-electron chi connectivity index (χ2n) is 4.86. The minimum Gasteiger partial charge on any atom is -0.480 e. The number of sulfonamides is 1. The monoisotopic (exact) mass is 315 g/mol. The van der Waals surface area contributed by atoms with Gasteiger partial charge in [0.25, 0.3) is 0 Å². The van der Waals surface area contributed by atoms with Crippen molar-refractivity contribution in [2.45, 2.75) is 37.8 Å². The Morgan fingerprint density at radius 3 is 2.52 bits per heavy atom. The number of methoxy groups -OCH3 is 1. The first-order chi connectivity index (χ1) is 9.83. The summed E-state index contributed by atoms with van der Waals surface area (Å²) in [5, 5.41) is 9.21. The van der Waals surface area contributed by atoms with Crippen LogP contribution in [0.2, 0.25) is 0 Å². The van der Waals surface area contributed by atoms with E-state index >= 15 is 0 Å². The summed E-state index contributed by atoms with van der Waals surface area (Å²) in [6.45, 7) is 3.65. The van der Waals surface area contributed by atoms with Crippen molar-refractivity contribution in [3.8, 4) is 0 Å². The number of aliphatic carboxylic acids is 1. The van der Waals surface area contributed by atoms with Crippen LogP contribution < -0.4 is 4.72 Å². The van der Waals surface area contributed by atoms with Gasteiger partial charge >= 0.3 is 5.97 Å². The van der Waals surface area contributed by atoms with E-state index in [9.17, 15) is 18.3 Å². The molecule has 1 rings (SSSR count). The molecule has 0 saturated heterocycles. The molecule has 0 bridgehead atoms. The van der Waals surface area contributed by atoms with E-state index in [-0.39, 0.29) is 17.4 Å². The number of hydrogen-bond acceptors (Lipinski definition) is 4. The third kappa shape index (κ3) is 4.52. The average molecular weight is 315 g/mol. The SMILES string of the molecule is CC[C@H](C)[C@H](NS(=O)(=O)c1ccccc1COC)C(=O)O. The largest absolute Gasteiger partial charge is 0.480 e. The van der Waals surface area contributed by atoms with Gasteiger partial charge in [-0.25, -0.2) is 8.42 Å². The summed E-state index contributed by atoms with van der Waals surface area (Å²) in [5.41, 5.74) is 0.487. The Morgan fingerprint density at radius 2 is 2.00 bits per heavy atom. The molecule has 21 heavy (non-hydrogen) atoms. The minimum absolute atomic E-state index is 0.0430. The Kier molecular flexibility index (Phi) is 6.32. The Labute approximate surface area is 125 Å². The number of carbonyl (C=O) groups is 1. The molecule has 0 fully saturated rings. The summed E-state index contributed by atoms with van der Waals surface area (Å²) in [6, 6.07) is 5.21. The third-order valence-corrected chi connectivity index (χ3v) is 4.86. The minimum atomic E-state index is -3.92. The zero-order valence-corrected chi connectivity index (χ0v) is 13.2. The first-order valence-corrected chi connectivity index (χ1v) is 8.13. The van der Waals surface area contributed by atoms with E-state index in [4.69, 9.17) is 4.74 Å². The third-order valence-electron chi connectivity index (χ3n) is 3.32. The molecule has 2 N–H and O–H groups in total. The fourth-order valence-electron chi connectivity index (χ4n) is 1.92. The van der Waals surface area contributed by atoms with Crippen molar-refractivity contribution in [1.82, 2.24) is 4.72 Å². The van der Waals surface area contributed by atoms with E-state index in [1.54, 1.807) is 25.1 Å². The van der Waals surface area contributed by atoms with Crippen molar-refractivity contribution in [3.63, 3.8) is 0 Å². The lowest BCUT2D eigenvalue weighted by Gasteiger charge is -2.21. The smallest absolute Gasteiger partial charge is 0.322 e. The maximum Gasteiger partial charge on any atom is 0.322 e. The van der Waals surface area contributed by atoms with Crippen molar-refractivity contribution in [2.75, 3.05) is 7.11 Å². The summed E-state index contributed by atoms with van der Waals surface area (Å²) in [6.07, 6.45) is 0.555. The second kappa shape index (κ2) is 7.53. The van der Waals surface area contributed by atoms with E-state index in [1.807, 2.05) is 6.92 Å². The predicted octanol–water partition coefficient (Wildman–Crippen LogP) is 1.61. The fourth-order valence-corrected chi connectivity index (χ4v) is 3.44. The molecule has 0 spiro atoms. The Morgan fingerprint density at radius 1 is 1.38 bits per heavy atom. The van der Waals surface area contributed by atoms with Crippen LogP contribution in [-0.2, 0) is 26.2 Å². The molecule has 1 aromatic carbocycles. The number of hydrogen-bond donors (Lipinski definition) is 2. The topological polar surface area (TPSA) is 92.7 Å². The highest BCUT2D eigenvalue weighted by molar-refractivity contribution is 7.89. The Balaban J connectivity index is 3.13. The molecular formula is C14H21NO5S. The van der Waals surface area contributed by atoms with E-state index in [1.165, 1.54) is 13.2 Å². The van der Waals surface area contributed by atoms with Gasteiger partial charge in [-0.2, -0.15) is 4.72 Å². The van der Waals surface area contributed by atoms with Gasteiger partial charge in [-0.15, -0.1) is 0 Å². The zero-order valence-electron chi connectivity index (χ0n) is 12.4. The van der Waals surface area contributed by atoms with Crippen LogP contribution in [0.4, 0.5) is 0 Å². The predicted molar refractivity (Wildman–Crippen MR) is 78.4 cm³/mol. The molecule has 118 valence electrons. The lowest BCUT2D eigenvalue weighted by Crippen LogP contribution is -2.45. The van der Waals surface area contributed by atoms with E-state index in [0.717, 1.165) is 0 Å². The van der Waals surface area contributed by atoms with Crippen LogP contribution in [-0.4, -0.2) is 32.6 Å². The summed E-state index contributed by atoms with van der Waals surface area (Å²) >= 11 is 0. The van der Waals surface area contributed by atoms with Crippen LogP contribution in [0, 0.1) is 5.92 Å². The van der Waals surface area contributed by atoms with Crippen LogP contribution in [0.5, 0.6) is 0 Å². The van der Waals surface area contributed by atoms with Crippen molar-refractivity contribution < 1.29 is 23.1 Å². The van der Waals surface area contributed by atoms with Gasteiger partial charge in [0.05, 0.1) is 11.5 Å². The average Bonchev–Trinajstić information content (AvgIpc) is 2.44. The van der Waals surface area contributed by atoms with Gasteiger partial charge in [-0.05, 0) is 17.5 Å². The van der Waals surface area contributed by atoms with Gasteiger partial charge in [0, 0.05) is 7.11 Å². The number of benzene rings is 1. The van der Waals surface area contributed by atoms with E-state index in [0.29, 0.717) is 12.0 Å². The Bertz CT molecular complexity index is 585. The highest BCUT2D eigenvalue weighted by Crippen LogP contribution is 2.18. The number of carboxylic acid groups (broad SMARTS) is 1. The van der Waals surface area contributed by atoms with Gasteiger partial charge in [-0.1, -0.05) is 38.5 Å². The molecule has 0 saturated carbocycles. The molecule has 0 heterocycles. The molecule has 0 aliphatic heterocycles. The van der Waals surface area contributed by atoms with Crippen molar-refractivity contribution >= 4 is 16.0 Å². The first-order valence-electron chi connectivity index (χ1n) is 6.65. The van der Waals surface area contributed by atoms with E-state index < -0.39 is 22.0 Å². The highest BCUT2D eigenvalue weighted by Gasteiger charge is 2.30. The van der Waals surface area contributed by atoms with Crippen LogP contribution >= 0.6 is 0 Å². The summed E-state index contributed by atoms with van der Waals surface area (Å²) in [5.74, 6) is -1.50. The normalized spacial score (nSPS) is 14.6. The Hall–Kier alpha value is -1.44. The molecule has 0 amide bonds. The summed E-state index contributed by atoms with van der Waals surface area (Å²) in [7, 11) is -2.46. The van der Waals surface area contributed by atoms with Gasteiger partial charge in [0.1, 0.15) is 6.04 Å². The van der Waals surface area contributed by atoms with Gasteiger partial charge in [-0.3, -0.25) is 4.79 Å². The molecule has 1 aromatic rings. The fraction of sp³-hybridized carbons (Fsp3) is 0.500. The molecule has 0 unspecified atom stereocenters. The zero-order chi connectivity index (χ0) is 16.0. The maximum atomic E-state index is 12.4. The maximum absolute atomic E-state index is 12.4. The molecule has 7 heteroatoms. The molecule has 0 aliphatic rings. The van der Waals surface area contributed by atoms with E-state index in [2.05, 4.69) is 4.72 Å². The first kappa shape index (κ1) is 17.6. The quantitative estimate of drug-likeness (QED) is 0.760. The molecule has 0 aliphatic carbocycles. The molecule has 0 radical (unpaired) electrons. The lowest BCUT2D eigenvalue weighted by molar-refractivity contribution is -0.140.